The second-order valence-corrected chi connectivity index (χ2v) is 8.73. The van der Waals surface area contributed by atoms with Gasteiger partial charge in [0.05, 0.1) is 19.3 Å². The number of nitrogens with zero attached hydrogens (tertiary/aromatic N) is 6. The first-order chi connectivity index (χ1) is 16.5. The minimum Gasteiger partial charge on any atom is -0.464 e. The molecular formula is C25H28FN7O. The number of hydrogen-bond donors (Lipinski definition) is 1. The van der Waals surface area contributed by atoms with Gasteiger partial charge in [0.2, 0.25) is 0 Å². The average Bonchev–Trinajstić information content (AvgIpc) is 3.19. The van der Waals surface area contributed by atoms with Crippen molar-refractivity contribution < 1.29 is 9.13 Å². The van der Waals surface area contributed by atoms with Gasteiger partial charge in [0.15, 0.2) is 17.0 Å². The van der Waals surface area contributed by atoms with E-state index in [1.54, 1.807) is 6.20 Å². The molecule has 0 amide bonds. The predicted octanol–water partition coefficient (Wildman–Crippen LogP) is 3.87. The summed E-state index contributed by atoms with van der Waals surface area (Å²) in [5, 5.41) is 0. The van der Waals surface area contributed by atoms with Gasteiger partial charge in [-0.1, -0.05) is 24.3 Å². The van der Waals surface area contributed by atoms with Gasteiger partial charge in [-0.25, -0.2) is 9.37 Å². The fraction of sp³-hybridized carbons (Fsp3) is 0.360. The van der Waals surface area contributed by atoms with Gasteiger partial charge in [-0.15, -0.1) is 0 Å². The van der Waals surface area contributed by atoms with E-state index >= 15 is 0 Å². The quantitative estimate of drug-likeness (QED) is 0.466. The molecule has 5 rings (SSSR count). The summed E-state index contributed by atoms with van der Waals surface area (Å²) in [5.74, 6) is 0.897. The van der Waals surface area contributed by atoms with E-state index in [2.05, 4.69) is 56.1 Å². The number of ether oxygens (including phenoxy) is 1. The summed E-state index contributed by atoms with van der Waals surface area (Å²) in [6.07, 6.45) is 5.10. The molecule has 34 heavy (non-hydrogen) atoms. The summed E-state index contributed by atoms with van der Waals surface area (Å²) in [4.78, 5) is 19.8. The molecule has 3 aromatic heterocycles. The molecule has 0 atom stereocenters. The van der Waals surface area contributed by atoms with Crippen molar-refractivity contribution in [1.29, 1.82) is 0 Å². The molecule has 1 saturated heterocycles. The summed E-state index contributed by atoms with van der Waals surface area (Å²) in [5.41, 5.74) is 10.2. The Morgan fingerprint density at radius 3 is 2.56 bits per heavy atom. The second-order valence-electron chi connectivity index (χ2n) is 8.73. The molecule has 1 fully saturated rings. The third-order valence-electron chi connectivity index (χ3n) is 6.35. The molecule has 176 valence electrons. The zero-order valence-electron chi connectivity index (χ0n) is 19.4. The molecule has 0 bridgehead atoms. The van der Waals surface area contributed by atoms with E-state index in [0.717, 1.165) is 18.7 Å². The Hall–Kier alpha value is -3.59. The van der Waals surface area contributed by atoms with E-state index in [9.17, 15) is 4.39 Å². The van der Waals surface area contributed by atoms with Crippen LogP contribution in [0.2, 0.25) is 0 Å². The van der Waals surface area contributed by atoms with E-state index in [4.69, 9.17) is 10.5 Å². The third-order valence-corrected chi connectivity index (χ3v) is 6.35. The lowest BCUT2D eigenvalue weighted by Gasteiger charge is -2.29. The largest absolute Gasteiger partial charge is 0.464 e. The van der Waals surface area contributed by atoms with E-state index < -0.39 is 5.82 Å². The molecule has 0 spiro atoms. The number of rotatable bonds is 6. The number of nitrogen functional groups attached to an aromatic ring is 1. The number of anilines is 1. The highest BCUT2D eigenvalue weighted by molar-refractivity contribution is 5.85. The van der Waals surface area contributed by atoms with Crippen LogP contribution in [0, 0.1) is 5.82 Å². The van der Waals surface area contributed by atoms with Gasteiger partial charge >= 0.3 is 6.01 Å². The monoisotopic (exact) mass is 461 g/mol. The summed E-state index contributed by atoms with van der Waals surface area (Å²) in [6, 6.07) is 10.3. The van der Waals surface area contributed by atoms with E-state index in [-0.39, 0.29) is 11.8 Å². The molecule has 0 aliphatic carbocycles. The Labute approximate surface area is 197 Å². The Bertz CT molecular complexity index is 1300. The zero-order valence-corrected chi connectivity index (χ0v) is 19.4. The summed E-state index contributed by atoms with van der Waals surface area (Å²) in [6.45, 7) is 5.01. The topological polar surface area (TPSA) is 95.0 Å². The van der Waals surface area contributed by atoms with Crippen molar-refractivity contribution in [3.63, 3.8) is 0 Å². The zero-order chi connectivity index (χ0) is 23.7. The summed E-state index contributed by atoms with van der Waals surface area (Å²) in [7, 11) is 2.17. The van der Waals surface area contributed by atoms with Crippen LogP contribution in [0.3, 0.4) is 0 Å². The Kier molecular flexibility index (Phi) is 6.10. The lowest BCUT2D eigenvalue weighted by molar-refractivity contribution is 0.255. The van der Waals surface area contributed by atoms with Gasteiger partial charge in [-0.05, 0) is 63.0 Å². The molecule has 9 heteroatoms. The van der Waals surface area contributed by atoms with Crippen LogP contribution in [0.5, 0.6) is 6.01 Å². The van der Waals surface area contributed by atoms with Gasteiger partial charge in [0, 0.05) is 11.8 Å². The Morgan fingerprint density at radius 2 is 1.85 bits per heavy atom. The van der Waals surface area contributed by atoms with Gasteiger partial charge in [-0.3, -0.25) is 4.98 Å². The number of hydrogen-bond acceptors (Lipinski definition) is 7. The van der Waals surface area contributed by atoms with Crippen LogP contribution in [0.25, 0.3) is 22.6 Å². The standard InChI is InChI=1S/C25H28FN7O/c1-3-34-25-30-22(27)21-24(31-25)33(23(29-21)19-12-20(26)14-28-13-19)15-16-4-6-17(7-5-16)18-8-10-32(2)11-9-18/h4-7,12-14,18H,3,8-11,15H2,1-2H3,(H2,27,30,31). The smallest absolute Gasteiger partial charge is 0.320 e. The second kappa shape index (κ2) is 9.34. The molecule has 0 unspecified atom stereocenters. The molecule has 0 saturated carbocycles. The van der Waals surface area contributed by atoms with Gasteiger partial charge in [-0.2, -0.15) is 9.97 Å². The van der Waals surface area contributed by atoms with Gasteiger partial charge in [0.1, 0.15) is 11.6 Å². The highest BCUT2D eigenvalue weighted by Gasteiger charge is 2.21. The maximum absolute atomic E-state index is 14.0. The first-order valence-corrected chi connectivity index (χ1v) is 11.6. The van der Waals surface area contributed by atoms with Crippen LogP contribution in [-0.2, 0) is 6.54 Å². The highest BCUT2D eigenvalue weighted by Crippen LogP contribution is 2.30. The van der Waals surface area contributed by atoms with Crippen molar-refractivity contribution in [1.82, 2.24) is 29.4 Å². The first-order valence-electron chi connectivity index (χ1n) is 11.6. The molecular weight excluding hydrogens is 433 g/mol. The fourth-order valence-corrected chi connectivity index (χ4v) is 4.52. The van der Waals surface area contributed by atoms with Gasteiger partial charge in [0.25, 0.3) is 0 Å². The summed E-state index contributed by atoms with van der Waals surface area (Å²) >= 11 is 0. The van der Waals surface area contributed by atoms with E-state index in [1.165, 1.54) is 30.7 Å². The Morgan fingerprint density at radius 1 is 1.09 bits per heavy atom. The SMILES string of the molecule is CCOc1nc(N)c2nc(-c3cncc(F)c3)n(Cc3ccc(C4CCN(C)CC4)cc3)c2n1. The number of fused-ring (bicyclic) bond motifs is 1. The molecule has 2 N–H and O–H groups in total. The lowest BCUT2D eigenvalue weighted by Crippen LogP contribution is -2.29. The summed E-state index contributed by atoms with van der Waals surface area (Å²) < 4.78 is 21.4. The fourth-order valence-electron chi connectivity index (χ4n) is 4.52. The Balaban J connectivity index is 1.54. The number of pyridine rings is 1. The van der Waals surface area contributed by atoms with Crippen LogP contribution in [-0.4, -0.2) is 56.1 Å². The van der Waals surface area contributed by atoms with Crippen LogP contribution in [0.4, 0.5) is 10.2 Å². The third kappa shape index (κ3) is 4.43. The van der Waals surface area contributed by atoms with Crippen LogP contribution >= 0.6 is 0 Å². The maximum Gasteiger partial charge on any atom is 0.320 e. The van der Waals surface area contributed by atoms with E-state index in [0.29, 0.717) is 41.6 Å². The lowest BCUT2D eigenvalue weighted by atomic mass is 9.89. The molecule has 4 heterocycles. The normalized spacial score (nSPS) is 15.1. The number of aromatic nitrogens is 5. The molecule has 1 aromatic carbocycles. The molecule has 1 aliphatic heterocycles. The average molecular weight is 462 g/mol. The van der Waals surface area contributed by atoms with Crippen LogP contribution in [0.1, 0.15) is 36.8 Å². The number of halogens is 1. The molecule has 8 nitrogen and oxygen atoms in total. The number of nitrogens with two attached hydrogens (primary N) is 1. The number of imidazole rings is 1. The van der Waals surface area contributed by atoms with Crippen molar-refractivity contribution >= 4 is 17.0 Å². The van der Waals surface area contributed by atoms with Crippen molar-refractivity contribution in [3.8, 4) is 17.4 Å². The predicted molar refractivity (Wildman–Crippen MR) is 129 cm³/mol. The van der Waals surface area contributed by atoms with Crippen LogP contribution < -0.4 is 10.5 Å². The van der Waals surface area contributed by atoms with Crippen molar-refractivity contribution in [3.05, 3.63) is 59.7 Å². The number of benzene rings is 1. The minimum atomic E-state index is -0.437. The van der Waals surface area contributed by atoms with Crippen molar-refractivity contribution in [2.24, 2.45) is 0 Å². The molecule has 0 radical (unpaired) electrons. The minimum absolute atomic E-state index is 0.190. The number of likely N-dealkylation sites (tertiary alicyclic amines) is 1. The molecule has 1 aliphatic rings. The first kappa shape index (κ1) is 22.2. The van der Waals surface area contributed by atoms with Crippen LogP contribution in [0.15, 0.2) is 42.7 Å². The molecule has 4 aromatic rings. The van der Waals surface area contributed by atoms with Crippen molar-refractivity contribution in [2.45, 2.75) is 32.2 Å². The van der Waals surface area contributed by atoms with Crippen molar-refractivity contribution in [2.75, 3.05) is 32.5 Å². The van der Waals surface area contributed by atoms with Gasteiger partial charge < -0.3 is 19.9 Å². The highest BCUT2D eigenvalue weighted by atomic mass is 19.1. The van der Waals surface area contributed by atoms with E-state index in [1.807, 2.05) is 11.5 Å². The maximum atomic E-state index is 14.0. The number of piperidine rings is 1.